The first-order valence-electron chi connectivity index (χ1n) is 21.8. The molecular formula is C45H78NO10P. The third-order valence-electron chi connectivity index (χ3n) is 9.03. The molecule has 0 aliphatic carbocycles. The summed E-state index contributed by atoms with van der Waals surface area (Å²) in [5, 5.41) is 21.8. The van der Waals surface area contributed by atoms with Gasteiger partial charge in [-0.05, 0) is 77.0 Å². The summed E-state index contributed by atoms with van der Waals surface area (Å²) in [5.41, 5.74) is 0. The molecule has 0 aromatic rings. The molecule has 0 heterocycles. The Morgan fingerprint density at radius 1 is 0.561 bits per heavy atom. The van der Waals surface area contributed by atoms with E-state index >= 15 is 0 Å². The molecule has 3 unspecified atom stereocenters. The standard InChI is InChI=1S/C45H78NO10P/c1-3-5-7-9-11-13-15-17-19-20-21-22-23-25-27-29-31-33-35-37-44(49)54-38-41(47)39-55-57(52,53)56-40-42(45(50)51)46-43(48)36-34-32-30-28-26-24-18-16-14-12-10-8-6-4-2/h10-13,16-19,21-22,41-42,47H,3-9,14-15,20,23-40H2,1-2H3,(H,46,48)(H,50,51)(H,52,53)/b12-10-,13-11-,18-16-,19-17-,22-21-. The number of phosphoric acid groups is 1. The average Bonchev–Trinajstić information content (AvgIpc) is 3.18. The van der Waals surface area contributed by atoms with Crippen molar-refractivity contribution in [3.63, 3.8) is 0 Å². The maximum Gasteiger partial charge on any atom is 0.472 e. The number of allylic oxidation sites excluding steroid dienone is 10. The number of esters is 1. The number of aliphatic carboxylic acids is 1. The minimum Gasteiger partial charge on any atom is -0.480 e. The van der Waals surface area contributed by atoms with Crippen molar-refractivity contribution in [3.05, 3.63) is 60.8 Å². The first-order chi connectivity index (χ1) is 27.6. The van der Waals surface area contributed by atoms with Crippen LogP contribution in [0.1, 0.15) is 174 Å². The van der Waals surface area contributed by atoms with Gasteiger partial charge in [0.25, 0.3) is 0 Å². The Morgan fingerprint density at radius 2 is 0.982 bits per heavy atom. The van der Waals surface area contributed by atoms with Crippen LogP contribution in [0.2, 0.25) is 0 Å². The fourth-order valence-electron chi connectivity index (χ4n) is 5.57. The monoisotopic (exact) mass is 824 g/mol. The average molecular weight is 824 g/mol. The zero-order valence-electron chi connectivity index (χ0n) is 35.4. The van der Waals surface area contributed by atoms with Crippen LogP contribution in [0.4, 0.5) is 0 Å². The maximum atomic E-state index is 12.3. The quantitative estimate of drug-likeness (QED) is 0.0202. The summed E-state index contributed by atoms with van der Waals surface area (Å²) in [4.78, 5) is 45.9. The summed E-state index contributed by atoms with van der Waals surface area (Å²) in [6.07, 6.45) is 45.2. The number of aliphatic hydroxyl groups is 1. The first kappa shape index (κ1) is 54.2. The van der Waals surface area contributed by atoms with Gasteiger partial charge in [-0.3, -0.25) is 18.6 Å². The lowest BCUT2D eigenvalue weighted by molar-refractivity contribution is -0.147. The lowest BCUT2D eigenvalue weighted by Gasteiger charge is -2.18. The fourth-order valence-corrected chi connectivity index (χ4v) is 6.34. The molecule has 4 N–H and O–H groups in total. The number of carboxylic acids is 1. The van der Waals surface area contributed by atoms with E-state index in [9.17, 15) is 34.1 Å². The number of carbonyl (C=O) groups is 3. The van der Waals surface area contributed by atoms with Crippen LogP contribution in [-0.4, -0.2) is 64.9 Å². The number of phosphoric ester groups is 1. The van der Waals surface area contributed by atoms with E-state index in [4.69, 9.17) is 13.8 Å². The molecule has 0 aromatic carbocycles. The molecular weight excluding hydrogens is 745 g/mol. The van der Waals surface area contributed by atoms with E-state index in [2.05, 4.69) is 79.9 Å². The molecule has 0 aliphatic heterocycles. The molecule has 57 heavy (non-hydrogen) atoms. The molecule has 0 rings (SSSR count). The van der Waals surface area contributed by atoms with Crippen molar-refractivity contribution in [2.45, 2.75) is 187 Å². The highest BCUT2D eigenvalue weighted by Gasteiger charge is 2.28. The highest BCUT2D eigenvalue weighted by Crippen LogP contribution is 2.43. The molecule has 11 nitrogen and oxygen atoms in total. The number of nitrogens with one attached hydrogen (secondary N) is 1. The van der Waals surface area contributed by atoms with Gasteiger partial charge in [0, 0.05) is 12.8 Å². The summed E-state index contributed by atoms with van der Waals surface area (Å²) in [6.45, 7) is 2.49. The maximum absolute atomic E-state index is 12.3. The first-order valence-corrected chi connectivity index (χ1v) is 23.3. The zero-order valence-corrected chi connectivity index (χ0v) is 36.3. The molecule has 12 heteroatoms. The van der Waals surface area contributed by atoms with Crippen LogP contribution in [0.25, 0.3) is 0 Å². The number of carbonyl (C=O) groups excluding carboxylic acids is 2. The van der Waals surface area contributed by atoms with Crippen molar-refractivity contribution in [3.8, 4) is 0 Å². The van der Waals surface area contributed by atoms with Crippen LogP contribution in [0.3, 0.4) is 0 Å². The minimum atomic E-state index is -4.76. The van der Waals surface area contributed by atoms with Gasteiger partial charge < -0.3 is 25.2 Å². The topological polar surface area (TPSA) is 169 Å². The van der Waals surface area contributed by atoms with E-state index in [-0.39, 0.29) is 12.8 Å². The molecule has 0 bridgehead atoms. The van der Waals surface area contributed by atoms with Gasteiger partial charge in [0.15, 0.2) is 6.04 Å². The van der Waals surface area contributed by atoms with Gasteiger partial charge in [-0.15, -0.1) is 0 Å². The number of hydrogen-bond acceptors (Lipinski definition) is 8. The Kier molecular flexibility index (Phi) is 38.0. The number of ether oxygens (including phenoxy) is 1. The van der Waals surface area contributed by atoms with Crippen LogP contribution in [0.15, 0.2) is 60.8 Å². The summed E-state index contributed by atoms with van der Waals surface area (Å²) in [6, 6.07) is -1.56. The molecule has 3 atom stereocenters. The van der Waals surface area contributed by atoms with Crippen LogP contribution in [0, 0.1) is 0 Å². The summed E-state index contributed by atoms with van der Waals surface area (Å²) >= 11 is 0. The SMILES string of the molecule is CCCC/C=C\C/C=C\CCCCCCCC(=O)NC(COP(=O)(O)OCC(O)COC(=O)CCCCCCCC/C=C\C/C=C\C/C=C\CCCCC)C(=O)O. The van der Waals surface area contributed by atoms with Gasteiger partial charge >= 0.3 is 19.8 Å². The lowest BCUT2D eigenvalue weighted by atomic mass is 10.1. The highest BCUT2D eigenvalue weighted by atomic mass is 31.2. The molecule has 0 aromatic heterocycles. The van der Waals surface area contributed by atoms with Crippen LogP contribution < -0.4 is 5.32 Å². The Hall–Kier alpha value is -2.82. The van der Waals surface area contributed by atoms with Gasteiger partial charge in [0.1, 0.15) is 12.7 Å². The second kappa shape index (κ2) is 40.0. The fraction of sp³-hybridized carbons (Fsp3) is 0.711. The van der Waals surface area contributed by atoms with Gasteiger partial charge in [-0.25, -0.2) is 9.36 Å². The van der Waals surface area contributed by atoms with Crippen LogP contribution >= 0.6 is 7.82 Å². The normalized spacial score (nSPS) is 14.3. The molecule has 0 spiro atoms. The van der Waals surface area contributed by atoms with Gasteiger partial charge in [0.2, 0.25) is 5.91 Å². The third kappa shape index (κ3) is 39.8. The number of carboxylic acid groups (broad SMARTS) is 1. The predicted molar refractivity (Wildman–Crippen MR) is 231 cm³/mol. The number of amides is 1. The van der Waals surface area contributed by atoms with Crippen molar-refractivity contribution in [1.29, 1.82) is 0 Å². The van der Waals surface area contributed by atoms with Gasteiger partial charge in [-0.2, -0.15) is 0 Å². The largest absolute Gasteiger partial charge is 0.480 e. The molecule has 328 valence electrons. The molecule has 0 saturated carbocycles. The van der Waals surface area contributed by atoms with E-state index in [1.807, 2.05) is 0 Å². The molecule has 0 fully saturated rings. The molecule has 0 saturated heterocycles. The zero-order chi connectivity index (χ0) is 42.1. The second-order valence-electron chi connectivity index (χ2n) is 14.5. The summed E-state index contributed by atoms with van der Waals surface area (Å²) in [7, 11) is -4.76. The van der Waals surface area contributed by atoms with Gasteiger partial charge in [-0.1, -0.05) is 145 Å². The lowest BCUT2D eigenvalue weighted by Crippen LogP contribution is -2.43. The van der Waals surface area contributed by atoms with Crippen molar-refractivity contribution in [2.75, 3.05) is 19.8 Å². The van der Waals surface area contributed by atoms with E-state index in [1.165, 1.54) is 38.5 Å². The smallest absolute Gasteiger partial charge is 0.472 e. The molecule has 1 amide bonds. The Morgan fingerprint density at radius 3 is 1.49 bits per heavy atom. The van der Waals surface area contributed by atoms with Gasteiger partial charge in [0.05, 0.1) is 13.2 Å². The van der Waals surface area contributed by atoms with E-state index < -0.39 is 57.6 Å². The number of hydrogen-bond donors (Lipinski definition) is 4. The number of rotatable bonds is 40. The highest BCUT2D eigenvalue weighted by molar-refractivity contribution is 7.47. The number of unbranched alkanes of at least 4 members (excludes halogenated alkanes) is 16. The van der Waals surface area contributed by atoms with Crippen LogP contribution in [0.5, 0.6) is 0 Å². The van der Waals surface area contributed by atoms with E-state index in [0.717, 1.165) is 96.3 Å². The summed E-state index contributed by atoms with van der Waals surface area (Å²) < 4.78 is 26.8. The van der Waals surface area contributed by atoms with E-state index in [0.29, 0.717) is 12.8 Å². The van der Waals surface area contributed by atoms with Crippen molar-refractivity contribution >= 4 is 25.7 Å². The third-order valence-corrected chi connectivity index (χ3v) is 9.98. The Bertz CT molecular complexity index is 1200. The van der Waals surface area contributed by atoms with Crippen molar-refractivity contribution in [2.24, 2.45) is 0 Å². The van der Waals surface area contributed by atoms with Crippen LogP contribution in [-0.2, 0) is 32.7 Å². The summed E-state index contributed by atoms with van der Waals surface area (Å²) in [5.74, 6) is -2.41. The molecule has 0 aliphatic rings. The number of aliphatic hydroxyl groups excluding tert-OH is 1. The minimum absolute atomic E-state index is 0.126. The predicted octanol–water partition coefficient (Wildman–Crippen LogP) is 11.2. The van der Waals surface area contributed by atoms with Crippen molar-refractivity contribution < 1.29 is 47.8 Å². The molecule has 0 radical (unpaired) electrons. The Labute approximate surface area is 345 Å². The van der Waals surface area contributed by atoms with E-state index in [1.54, 1.807) is 0 Å². The second-order valence-corrected chi connectivity index (χ2v) is 16.0. The van der Waals surface area contributed by atoms with Crippen molar-refractivity contribution in [1.82, 2.24) is 5.32 Å². The Balaban J connectivity index is 3.94.